The fraction of sp³-hybridized carbons (Fsp3) is 0.174. The Bertz CT molecular complexity index is 1030. The third-order valence-electron chi connectivity index (χ3n) is 4.49. The van der Waals surface area contributed by atoms with E-state index in [0.717, 1.165) is 11.3 Å². The van der Waals surface area contributed by atoms with Crippen LogP contribution in [0.15, 0.2) is 71.3 Å². The van der Waals surface area contributed by atoms with Gasteiger partial charge in [-0.25, -0.2) is 0 Å². The average Bonchev–Trinajstić information content (AvgIpc) is 3.32. The van der Waals surface area contributed by atoms with Gasteiger partial charge in [0.25, 0.3) is 5.91 Å². The van der Waals surface area contributed by atoms with Crippen molar-refractivity contribution < 1.29 is 23.5 Å². The zero-order chi connectivity index (χ0) is 22.1. The van der Waals surface area contributed by atoms with E-state index in [2.05, 4.69) is 16.0 Å². The molecule has 3 N–H and O–H groups in total. The molecule has 0 saturated heterocycles. The van der Waals surface area contributed by atoms with E-state index in [4.69, 9.17) is 9.15 Å². The van der Waals surface area contributed by atoms with E-state index in [0.29, 0.717) is 18.7 Å². The first-order valence-electron chi connectivity index (χ1n) is 9.68. The Balaban J connectivity index is 1.51. The van der Waals surface area contributed by atoms with Crippen molar-refractivity contribution in [3.63, 3.8) is 0 Å². The Labute approximate surface area is 179 Å². The Morgan fingerprint density at radius 3 is 2.39 bits per heavy atom. The Morgan fingerprint density at radius 1 is 0.903 bits per heavy atom. The van der Waals surface area contributed by atoms with Crippen molar-refractivity contribution in [3.05, 3.63) is 83.8 Å². The van der Waals surface area contributed by atoms with Crippen molar-refractivity contribution in [2.45, 2.75) is 13.0 Å². The molecule has 0 fully saturated rings. The fourth-order valence-electron chi connectivity index (χ4n) is 2.84. The molecule has 0 saturated carbocycles. The first kappa shape index (κ1) is 21.6. The maximum atomic E-state index is 12.5. The van der Waals surface area contributed by atoms with Crippen molar-refractivity contribution in [3.8, 4) is 5.75 Å². The summed E-state index contributed by atoms with van der Waals surface area (Å²) in [5.41, 5.74) is 1.49. The predicted octanol–water partition coefficient (Wildman–Crippen LogP) is 2.52. The molecule has 0 unspecified atom stereocenters. The van der Waals surface area contributed by atoms with Gasteiger partial charge in [-0.05, 0) is 48.4 Å². The van der Waals surface area contributed by atoms with Crippen LogP contribution in [0.25, 0.3) is 0 Å². The van der Waals surface area contributed by atoms with Gasteiger partial charge in [0.15, 0.2) is 0 Å². The van der Waals surface area contributed by atoms with Crippen molar-refractivity contribution in [1.82, 2.24) is 10.6 Å². The maximum absolute atomic E-state index is 12.5. The van der Waals surface area contributed by atoms with Gasteiger partial charge in [-0.15, -0.1) is 0 Å². The predicted molar refractivity (Wildman–Crippen MR) is 115 cm³/mol. The second kappa shape index (κ2) is 10.6. The Kier molecular flexibility index (Phi) is 7.42. The molecular weight excluding hydrogens is 398 g/mol. The molecule has 3 rings (SSSR count). The number of carbonyl (C=O) groups excluding carboxylic acids is 3. The van der Waals surface area contributed by atoms with Gasteiger partial charge in [-0.1, -0.05) is 24.3 Å². The second-order valence-corrected chi connectivity index (χ2v) is 6.62. The number of carbonyl (C=O) groups is 3. The van der Waals surface area contributed by atoms with Gasteiger partial charge in [0, 0.05) is 6.54 Å². The fourth-order valence-corrected chi connectivity index (χ4v) is 2.84. The molecule has 0 aliphatic rings. The van der Waals surface area contributed by atoms with Gasteiger partial charge >= 0.3 is 11.8 Å². The maximum Gasteiger partial charge on any atom is 0.313 e. The summed E-state index contributed by atoms with van der Waals surface area (Å²) < 4.78 is 10.3. The summed E-state index contributed by atoms with van der Waals surface area (Å²) in [6, 6.07) is 17.4. The third kappa shape index (κ3) is 6.20. The van der Waals surface area contributed by atoms with Gasteiger partial charge < -0.3 is 25.1 Å². The van der Waals surface area contributed by atoms with Crippen LogP contribution in [0.2, 0.25) is 0 Å². The summed E-state index contributed by atoms with van der Waals surface area (Å²) in [4.78, 5) is 36.9. The van der Waals surface area contributed by atoms with E-state index in [9.17, 15) is 14.4 Å². The molecule has 2 aromatic carbocycles. The summed E-state index contributed by atoms with van der Waals surface area (Å²) >= 11 is 0. The normalized spacial score (nSPS) is 10.2. The van der Waals surface area contributed by atoms with Gasteiger partial charge in [0.2, 0.25) is 0 Å². The lowest BCUT2D eigenvalue weighted by molar-refractivity contribution is -0.136. The molecule has 31 heavy (non-hydrogen) atoms. The largest absolute Gasteiger partial charge is 0.497 e. The molecule has 3 amide bonds. The van der Waals surface area contributed by atoms with Crippen LogP contribution >= 0.6 is 0 Å². The molecule has 0 spiro atoms. The summed E-state index contributed by atoms with van der Waals surface area (Å²) in [6.45, 7) is 0.504. The van der Waals surface area contributed by atoms with Crippen LogP contribution in [0.3, 0.4) is 0 Å². The van der Waals surface area contributed by atoms with Crippen LogP contribution in [0.1, 0.15) is 21.7 Å². The van der Waals surface area contributed by atoms with Crippen LogP contribution in [-0.2, 0) is 22.6 Å². The van der Waals surface area contributed by atoms with E-state index in [1.54, 1.807) is 43.5 Å². The molecule has 0 bridgehead atoms. The lowest BCUT2D eigenvalue weighted by Crippen LogP contribution is -2.37. The molecule has 1 aromatic heterocycles. The van der Waals surface area contributed by atoms with E-state index in [1.165, 1.54) is 6.26 Å². The minimum absolute atomic E-state index is 0.208. The van der Waals surface area contributed by atoms with Crippen molar-refractivity contribution in [2.75, 3.05) is 19.0 Å². The molecule has 8 nitrogen and oxygen atoms in total. The van der Waals surface area contributed by atoms with Crippen molar-refractivity contribution >= 4 is 23.4 Å². The van der Waals surface area contributed by atoms with Gasteiger partial charge in [0.1, 0.15) is 11.5 Å². The number of hydrogen-bond acceptors (Lipinski definition) is 5. The molecule has 0 radical (unpaired) electrons. The van der Waals surface area contributed by atoms with Crippen LogP contribution < -0.4 is 20.7 Å². The summed E-state index contributed by atoms with van der Waals surface area (Å²) in [5.74, 6) is -0.669. The molecule has 1 heterocycles. The zero-order valence-corrected chi connectivity index (χ0v) is 17.0. The highest BCUT2D eigenvalue weighted by molar-refractivity contribution is 6.40. The van der Waals surface area contributed by atoms with Crippen molar-refractivity contribution in [1.29, 1.82) is 0 Å². The zero-order valence-electron chi connectivity index (χ0n) is 17.0. The Hall–Kier alpha value is -4.07. The molecule has 0 atom stereocenters. The van der Waals surface area contributed by atoms with Crippen LogP contribution in [0.5, 0.6) is 5.75 Å². The first-order chi connectivity index (χ1) is 15.1. The Morgan fingerprint density at radius 2 is 1.68 bits per heavy atom. The van der Waals surface area contributed by atoms with Crippen LogP contribution in [0.4, 0.5) is 5.69 Å². The topological polar surface area (TPSA) is 110 Å². The molecule has 8 heteroatoms. The number of benzene rings is 2. The van der Waals surface area contributed by atoms with Crippen molar-refractivity contribution in [2.24, 2.45) is 0 Å². The standard InChI is InChI=1S/C23H23N3O5/c1-30-17-10-8-16(9-11-17)12-13-24-22(28)23(29)26-20-7-3-2-6-19(20)21(27)25-15-18-5-4-14-31-18/h2-11,14H,12-13,15H2,1H3,(H,24,28)(H,25,27)(H,26,29). The highest BCUT2D eigenvalue weighted by atomic mass is 16.5. The second-order valence-electron chi connectivity index (χ2n) is 6.62. The van der Waals surface area contributed by atoms with E-state index >= 15 is 0 Å². The molecule has 0 aliphatic carbocycles. The lowest BCUT2D eigenvalue weighted by Gasteiger charge is -2.11. The molecule has 160 valence electrons. The number of ether oxygens (including phenoxy) is 1. The minimum atomic E-state index is -0.846. The quantitative estimate of drug-likeness (QED) is 0.484. The molecular formula is C23H23N3O5. The van der Waals surface area contributed by atoms with Crippen LogP contribution in [0, 0.1) is 0 Å². The SMILES string of the molecule is COc1ccc(CCNC(=O)C(=O)Nc2ccccc2C(=O)NCc2ccco2)cc1. The summed E-state index contributed by atoms with van der Waals surface area (Å²) in [5, 5.41) is 7.78. The minimum Gasteiger partial charge on any atom is -0.497 e. The first-order valence-corrected chi connectivity index (χ1v) is 9.68. The van der Waals surface area contributed by atoms with Gasteiger partial charge in [-0.2, -0.15) is 0 Å². The van der Waals surface area contributed by atoms with E-state index < -0.39 is 17.7 Å². The van der Waals surface area contributed by atoms with E-state index in [-0.39, 0.29) is 17.8 Å². The number of nitrogens with one attached hydrogen (secondary N) is 3. The average molecular weight is 421 g/mol. The van der Waals surface area contributed by atoms with Gasteiger partial charge in [-0.3, -0.25) is 14.4 Å². The number of rotatable bonds is 8. The number of hydrogen-bond donors (Lipinski definition) is 3. The van der Waals surface area contributed by atoms with Gasteiger partial charge in [0.05, 0.1) is 31.2 Å². The summed E-state index contributed by atoms with van der Waals surface area (Å²) in [6.07, 6.45) is 2.08. The molecule has 3 aromatic rings. The van der Waals surface area contributed by atoms with Crippen LogP contribution in [-0.4, -0.2) is 31.4 Å². The molecule has 0 aliphatic heterocycles. The third-order valence-corrected chi connectivity index (χ3v) is 4.49. The number of amides is 3. The highest BCUT2D eigenvalue weighted by Crippen LogP contribution is 2.15. The lowest BCUT2D eigenvalue weighted by atomic mass is 10.1. The monoisotopic (exact) mass is 421 g/mol. The number of furan rings is 1. The highest BCUT2D eigenvalue weighted by Gasteiger charge is 2.17. The number of methoxy groups -OCH3 is 1. The van der Waals surface area contributed by atoms with E-state index in [1.807, 2.05) is 24.3 Å². The smallest absolute Gasteiger partial charge is 0.313 e. The summed E-state index contributed by atoms with van der Waals surface area (Å²) in [7, 11) is 1.59. The number of anilines is 1. The number of para-hydroxylation sites is 1.